The summed E-state index contributed by atoms with van der Waals surface area (Å²) >= 11 is 6.03. The number of nitrogen functional groups attached to an aromatic ring is 1. The molecule has 0 amide bonds. The van der Waals surface area contributed by atoms with Gasteiger partial charge in [-0.3, -0.25) is 4.79 Å². The lowest BCUT2D eigenvalue weighted by molar-refractivity contribution is 0.103. The fourth-order valence-corrected chi connectivity index (χ4v) is 5.25. The highest BCUT2D eigenvalue weighted by atomic mass is 35.5. The number of fused-ring (bicyclic) bond motifs is 1. The molecule has 0 fully saturated rings. The van der Waals surface area contributed by atoms with Gasteiger partial charge in [0, 0.05) is 15.9 Å². The maximum absolute atomic E-state index is 15.2. The number of nitrogens with two attached hydrogens (primary N) is 1. The van der Waals surface area contributed by atoms with Crippen LogP contribution in [0.3, 0.4) is 0 Å². The minimum atomic E-state index is -0.315. The Labute approximate surface area is 243 Å². The number of hydrogen-bond donors (Lipinski definition) is 3. The number of nitrogens with zero attached hydrogens (tertiary/aromatic N) is 2. The number of carbonyl (C=O) groups excluding carboxylic acids is 1. The second-order valence-electron chi connectivity index (χ2n) is 10.0. The average Bonchev–Trinajstić information content (AvgIpc) is 3.55. The van der Waals surface area contributed by atoms with Crippen LogP contribution < -0.4 is 15.8 Å². The maximum Gasteiger partial charge on any atom is 0.214 e. The number of nitrogens with one attached hydrogen (secondary N) is 2. The molecular weight excluding hydrogens is 541 g/mol. The van der Waals surface area contributed by atoms with E-state index in [1.165, 1.54) is 16.9 Å². The zero-order chi connectivity index (χ0) is 28.9. The molecule has 2 heterocycles. The molecule has 3 aromatic carbocycles. The first-order valence-electron chi connectivity index (χ1n) is 13.8. The van der Waals surface area contributed by atoms with Gasteiger partial charge in [0.1, 0.15) is 23.1 Å². The van der Waals surface area contributed by atoms with Gasteiger partial charge in [-0.15, -0.1) is 0 Å². The first-order chi connectivity index (χ1) is 19.9. The van der Waals surface area contributed by atoms with Gasteiger partial charge in [-0.05, 0) is 98.1 Å². The van der Waals surface area contributed by atoms with Crippen molar-refractivity contribution in [3.05, 3.63) is 101 Å². The van der Waals surface area contributed by atoms with E-state index in [0.29, 0.717) is 38.9 Å². The van der Waals surface area contributed by atoms with Crippen molar-refractivity contribution in [1.29, 1.82) is 0 Å². The number of ketones is 1. The third kappa shape index (κ3) is 6.29. The third-order valence-electron chi connectivity index (χ3n) is 7.14. The monoisotopic (exact) mass is 573 g/mol. The summed E-state index contributed by atoms with van der Waals surface area (Å²) in [5.74, 6) is 0.977. The van der Waals surface area contributed by atoms with Gasteiger partial charge in [-0.2, -0.15) is 5.10 Å². The highest BCUT2D eigenvalue weighted by molar-refractivity contribution is 6.30. The van der Waals surface area contributed by atoms with Gasteiger partial charge in [0.05, 0.1) is 23.1 Å². The lowest BCUT2D eigenvalue weighted by Gasteiger charge is -2.18. The van der Waals surface area contributed by atoms with Crippen molar-refractivity contribution < 1.29 is 13.9 Å². The van der Waals surface area contributed by atoms with Crippen molar-refractivity contribution in [3.8, 4) is 17.2 Å². The zero-order valence-corrected chi connectivity index (χ0v) is 23.8. The van der Waals surface area contributed by atoms with Crippen LogP contribution in [-0.4, -0.2) is 33.6 Å². The van der Waals surface area contributed by atoms with E-state index in [1.807, 2.05) is 18.2 Å². The molecule has 0 bridgehead atoms. The Balaban J connectivity index is 1.36. The second kappa shape index (κ2) is 12.6. The van der Waals surface area contributed by atoms with Crippen molar-refractivity contribution in [3.63, 3.8) is 0 Å². The van der Waals surface area contributed by atoms with Gasteiger partial charge < -0.3 is 20.8 Å². The summed E-state index contributed by atoms with van der Waals surface area (Å²) in [6.07, 6.45) is 4.15. The molecule has 2 aromatic heterocycles. The summed E-state index contributed by atoms with van der Waals surface area (Å²) in [6, 6.07) is 19.3. The smallest absolute Gasteiger partial charge is 0.214 e. The van der Waals surface area contributed by atoms with Crippen LogP contribution in [0.5, 0.6) is 11.5 Å². The SMILES string of the molecule is CCCC(CCNCC)c1cc2[nH]c(C(=O)c3cnn(-c4ccc(Oc5cccc(Cl)c5)cc4)c3N)cc2cc1F. The van der Waals surface area contributed by atoms with Crippen LogP contribution in [0.4, 0.5) is 10.2 Å². The second-order valence-corrected chi connectivity index (χ2v) is 10.4. The molecule has 0 radical (unpaired) electrons. The predicted octanol–water partition coefficient (Wildman–Crippen LogP) is 7.63. The topological polar surface area (TPSA) is 98.0 Å². The fourth-order valence-electron chi connectivity index (χ4n) is 5.07. The van der Waals surface area contributed by atoms with Crippen LogP contribution in [0.25, 0.3) is 16.6 Å². The Morgan fingerprint density at radius 3 is 2.63 bits per heavy atom. The standard InChI is InChI=1S/C32H33ClFN5O2/c1-3-6-20(13-14-36-4-2)26-18-29-21(15-28(26)34)16-30(38-29)31(40)27-19-37-39(32(27)35)23-9-11-24(12-10-23)41-25-8-5-7-22(33)17-25/h5,7-12,15-20,36,38H,3-4,6,13-14,35H2,1-2H3. The van der Waals surface area contributed by atoms with E-state index in [9.17, 15) is 4.79 Å². The molecule has 5 rings (SSSR count). The molecule has 41 heavy (non-hydrogen) atoms. The highest BCUT2D eigenvalue weighted by Gasteiger charge is 2.22. The van der Waals surface area contributed by atoms with Crippen LogP contribution in [-0.2, 0) is 0 Å². The lowest BCUT2D eigenvalue weighted by Crippen LogP contribution is -2.17. The molecule has 1 unspecified atom stereocenters. The Kier molecular flexibility index (Phi) is 8.71. The van der Waals surface area contributed by atoms with Gasteiger partial charge in [-0.1, -0.05) is 37.9 Å². The summed E-state index contributed by atoms with van der Waals surface area (Å²) in [5, 5.41) is 8.90. The zero-order valence-electron chi connectivity index (χ0n) is 23.1. The summed E-state index contributed by atoms with van der Waals surface area (Å²) in [5.41, 5.74) is 9.02. The van der Waals surface area contributed by atoms with Crippen LogP contribution >= 0.6 is 11.6 Å². The van der Waals surface area contributed by atoms with Crippen molar-refractivity contribution in [2.45, 2.75) is 39.0 Å². The minimum absolute atomic E-state index is 0.0991. The highest BCUT2D eigenvalue weighted by Crippen LogP contribution is 2.32. The van der Waals surface area contributed by atoms with E-state index in [4.69, 9.17) is 22.1 Å². The largest absolute Gasteiger partial charge is 0.457 e. The van der Waals surface area contributed by atoms with Gasteiger partial charge in [0.25, 0.3) is 0 Å². The van der Waals surface area contributed by atoms with E-state index >= 15 is 4.39 Å². The molecule has 4 N–H and O–H groups in total. The third-order valence-corrected chi connectivity index (χ3v) is 7.38. The molecule has 1 atom stereocenters. The average molecular weight is 574 g/mol. The molecular formula is C32H33ClFN5O2. The fraction of sp³-hybridized carbons (Fsp3) is 0.250. The van der Waals surface area contributed by atoms with E-state index in [1.54, 1.807) is 42.5 Å². The maximum atomic E-state index is 15.2. The van der Waals surface area contributed by atoms with Crippen molar-refractivity contribution in [1.82, 2.24) is 20.1 Å². The summed E-state index contributed by atoms with van der Waals surface area (Å²) in [4.78, 5) is 16.6. The number of ether oxygens (including phenoxy) is 1. The number of hydrogen-bond acceptors (Lipinski definition) is 5. The van der Waals surface area contributed by atoms with Gasteiger partial charge >= 0.3 is 0 Å². The summed E-state index contributed by atoms with van der Waals surface area (Å²) < 4.78 is 22.5. The number of rotatable bonds is 12. The Morgan fingerprint density at radius 1 is 1.10 bits per heavy atom. The minimum Gasteiger partial charge on any atom is -0.457 e. The number of aromatic amines is 1. The normalized spacial score (nSPS) is 12.1. The van der Waals surface area contributed by atoms with Crippen LogP contribution in [0.2, 0.25) is 5.02 Å². The van der Waals surface area contributed by atoms with Gasteiger partial charge in [0.15, 0.2) is 0 Å². The Hall–Kier alpha value is -4.14. The van der Waals surface area contributed by atoms with E-state index in [2.05, 4.69) is 29.2 Å². The number of anilines is 1. The Bertz CT molecular complexity index is 1660. The molecule has 0 aliphatic heterocycles. The number of H-pyrrole nitrogens is 1. The summed E-state index contributed by atoms with van der Waals surface area (Å²) in [6.45, 7) is 5.87. The molecule has 0 saturated heterocycles. The van der Waals surface area contributed by atoms with Gasteiger partial charge in [0.2, 0.25) is 5.78 Å². The number of aromatic nitrogens is 3. The first-order valence-corrected chi connectivity index (χ1v) is 14.2. The number of benzene rings is 3. The lowest BCUT2D eigenvalue weighted by atomic mass is 9.90. The van der Waals surface area contributed by atoms with Crippen molar-refractivity contribution in [2.75, 3.05) is 18.8 Å². The molecule has 212 valence electrons. The molecule has 7 nitrogen and oxygen atoms in total. The Morgan fingerprint density at radius 2 is 1.90 bits per heavy atom. The molecule has 5 aromatic rings. The molecule has 0 spiro atoms. The summed E-state index contributed by atoms with van der Waals surface area (Å²) in [7, 11) is 0. The molecule has 0 saturated carbocycles. The quantitative estimate of drug-likeness (QED) is 0.105. The van der Waals surface area contributed by atoms with Gasteiger partial charge in [-0.25, -0.2) is 9.07 Å². The van der Waals surface area contributed by atoms with Crippen molar-refractivity contribution >= 4 is 34.1 Å². The van der Waals surface area contributed by atoms with E-state index in [-0.39, 0.29) is 28.9 Å². The van der Waals surface area contributed by atoms with E-state index < -0.39 is 0 Å². The molecule has 9 heteroatoms. The number of halogens is 2. The number of carbonyl (C=O) groups is 1. The molecule has 0 aliphatic rings. The van der Waals surface area contributed by atoms with Crippen LogP contribution in [0.15, 0.2) is 72.9 Å². The predicted molar refractivity (Wildman–Crippen MR) is 162 cm³/mol. The van der Waals surface area contributed by atoms with E-state index in [0.717, 1.165) is 37.9 Å². The van der Waals surface area contributed by atoms with Crippen molar-refractivity contribution in [2.24, 2.45) is 0 Å². The van der Waals surface area contributed by atoms with Crippen LogP contribution in [0.1, 0.15) is 60.6 Å². The van der Waals surface area contributed by atoms with Crippen LogP contribution in [0, 0.1) is 5.82 Å². The molecule has 0 aliphatic carbocycles. The first kappa shape index (κ1) is 28.4.